The van der Waals surface area contributed by atoms with Crippen LogP contribution in [0.5, 0.6) is 0 Å². The molecule has 0 bridgehead atoms. The zero-order valence-corrected chi connectivity index (χ0v) is 19.0. The number of ether oxygens (including phenoxy) is 2. The number of nitrogens with one attached hydrogen (secondary N) is 2. The first kappa shape index (κ1) is 25.2. The van der Waals surface area contributed by atoms with Crippen molar-refractivity contribution in [3.63, 3.8) is 0 Å². The normalized spacial score (nSPS) is 13.9. The number of rotatable bonds is 12. The molecule has 9 nitrogen and oxygen atoms in total. The minimum Gasteiger partial charge on any atom is -0.481 e. The zero-order valence-electron chi connectivity index (χ0n) is 19.0. The van der Waals surface area contributed by atoms with Crippen LogP contribution in [0.3, 0.4) is 0 Å². The van der Waals surface area contributed by atoms with Gasteiger partial charge in [-0.05, 0) is 35.1 Å². The van der Waals surface area contributed by atoms with Gasteiger partial charge in [-0.3, -0.25) is 9.59 Å². The molecule has 4 N–H and O–H groups in total. The second kappa shape index (κ2) is 12.2. The molecule has 0 aliphatic heterocycles. The van der Waals surface area contributed by atoms with Crippen LogP contribution < -0.4 is 10.6 Å². The van der Waals surface area contributed by atoms with Gasteiger partial charge in [-0.15, -0.1) is 0 Å². The molecule has 2 unspecified atom stereocenters. The van der Waals surface area contributed by atoms with Crippen molar-refractivity contribution in [1.82, 2.24) is 10.6 Å². The van der Waals surface area contributed by atoms with Gasteiger partial charge in [-0.25, -0.2) is 4.79 Å². The molecule has 34 heavy (non-hydrogen) atoms. The number of carboxylic acids is 1. The van der Waals surface area contributed by atoms with Crippen molar-refractivity contribution < 1.29 is 34.1 Å². The second-order valence-corrected chi connectivity index (χ2v) is 8.13. The summed E-state index contributed by atoms with van der Waals surface area (Å²) in [4.78, 5) is 36.4. The summed E-state index contributed by atoms with van der Waals surface area (Å²) < 4.78 is 10.5. The van der Waals surface area contributed by atoms with Gasteiger partial charge in [0, 0.05) is 26.1 Å². The lowest BCUT2D eigenvalue weighted by Crippen LogP contribution is -2.51. The highest BCUT2D eigenvalue weighted by molar-refractivity contribution is 5.86. The smallest absolute Gasteiger partial charge is 0.407 e. The van der Waals surface area contributed by atoms with E-state index in [-0.39, 0.29) is 45.0 Å². The summed E-state index contributed by atoms with van der Waals surface area (Å²) in [6.07, 6.45) is -0.963. The summed E-state index contributed by atoms with van der Waals surface area (Å²) >= 11 is 0. The number of alkyl carbamates (subject to hydrolysis) is 1. The maximum atomic E-state index is 12.7. The van der Waals surface area contributed by atoms with E-state index in [2.05, 4.69) is 10.6 Å². The van der Waals surface area contributed by atoms with Gasteiger partial charge in [-0.1, -0.05) is 48.5 Å². The topological polar surface area (TPSA) is 134 Å². The number of hydrogen-bond acceptors (Lipinski definition) is 6. The van der Waals surface area contributed by atoms with Crippen molar-refractivity contribution in [2.75, 3.05) is 26.9 Å². The highest BCUT2D eigenvalue weighted by Crippen LogP contribution is 2.44. The van der Waals surface area contributed by atoms with Gasteiger partial charge >= 0.3 is 12.1 Å². The van der Waals surface area contributed by atoms with Crippen LogP contribution in [0.2, 0.25) is 0 Å². The van der Waals surface area contributed by atoms with Gasteiger partial charge < -0.3 is 30.3 Å². The van der Waals surface area contributed by atoms with Crippen molar-refractivity contribution in [1.29, 1.82) is 0 Å². The Bertz CT molecular complexity index is 959. The first-order valence-corrected chi connectivity index (χ1v) is 11.2. The minimum absolute atomic E-state index is 0.0734. The standard InChI is InChI=1S/C25H30N2O7/c1-33-14-16(12-13-28)26-24(31)22(10-11-23(29)30)27-25(32)34-15-21-19-8-4-2-6-17(19)18-7-3-5-9-20(18)21/h2-9,16,21-22,28H,10-15H2,1H3,(H,26,31)(H,27,32)(H,29,30). The van der Waals surface area contributed by atoms with Crippen LogP contribution in [-0.2, 0) is 19.1 Å². The van der Waals surface area contributed by atoms with Gasteiger partial charge in [0.1, 0.15) is 12.6 Å². The number of hydrogen-bond donors (Lipinski definition) is 4. The van der Waals surface area contributed by atoms with E-state index in [4.69, 9.17) is 14.6 Å². The number of carbonyl (C=O) groups excluding carboxylic acids is 2. The number of benzene rings is 2. The molecule has 182 valence electrons. The van der Waals surface area contributed by atoms with Crippen LogP contribution in [0.25, 0.3) is 11.1 Å². The molecule has 2 aromatic carbocycles. The zero-order chi connectivity index (χ0) is 24.5. The molecule has 2 amide bonds. The van der Waals surface area contributed by atoms with Crippen molar-refractivity contribution in [3.8, 4) is 11.1 Å². The van der Waals surface area contributed by atoms with Crippen molar-refractivity contribution in [2.45, 2.75) is 37.3 Å². The summed E-state index contributed by atoms with van der Waals surface area (Å²) in [6.45, 7) is 0.0841. The van der Waals surface area contributed by atoms with E-state index in [1.165, 1.54) is 7.11 Å². The fourth-order valence-corrected chi connectivity index (χ4v) is 4.17. The first-order chi connectivity index (χ1) is 16.4. The van der Waals surface area contributed by atoms with E-state index in [0.717, 1.165) is 22.3 Å². The molecule has 2 aromatic rings. The third-order valence-electron chi connectivity index (χ3n) is 5.79. The second-order valence-electron chi connectivity index (χ2n) is 8.13. The number of carboxylic acid groups (broad SMARTS) is 1. The van der Waals surface area contributed by atoms with E-state index in [1.54, 1.807) is 0 Å². The van der Waals surface area contributed by atoms with E-state index in [9.17, 15) is 19.5 Å². The Morgan fingerprint density at radius 3 is 2.15 bits per heavy atom. The number of aliphatic hydroxyl groups is 1. The molecule has 0 radical (unpaired) electrons. The fraction of sp³-hybridized carbons (Fsp3) is 0.400. The van der Waals surface area contributed by atoms with Gasteiger partial charge in [0.05, 0.1) is 12.6 Å². The molecule has 1 aliphatic carbocycles. The van der Waals surface area contributed by atoms with Crippen LogP contribution in [0, 0.1) is 0 Å². The van der Waals surface area contributed by atoms with Gasteiger partial charge in [0.15, 0.2) is 0 Å². The Hall–Kier alpha value is -3.43. The molecular weight excluding hydrogens is 440 g/mol. The van der Waals surface area contributed by atoms with Crippen LogP contribution in [0.1, 0.15) is 36.3 Å². The Kier molecular flexibility index (Phi) is 9.00. The van der Waals surface area contributed by atoms with Crippen molar-refractivity contribution in [3.05, 3.63) is 59.7 Å². The summed E-state index contributed by atoms with van der Waals surface area (Å²) in [6, 6.07) is 14.3. The monoisotopic (exact) mass is 470 g/mol. The largest absolute Gasteiger partial charge is 0.481 e. The van der Waals surface area contributed by atoms with Crippen LogP contribution in [0.4, 0.5) is 4.79 Å². The molecule has 0 spiro atoms. The highest BCUT2D eigenvalue weighted by atomic mass is 16.5. The maximum absolute atomic E-state index is 12.7. The summed E-state index contributed by atoms with van der Waals surface area (Å²) in [5, 5.41) is 23.4. The number of methoxy groups -OCH3 is 1. The Morgan fingerprint density at radius 2 is 1.59 bits per heavy atom. The minimum atomic E-state index is -1.11. The van der Waals surface area contributed by atoms with Crippen LogP contribution in [0.15, 0.2) is 48.5 Å². The lowest BCUT2D eigenvalue weighted by Gasteiger charge is -2.23. The highest BCUT2D eigenvalue weighted by Gasteiger charge is 2.30. The molecule has 9 heteroatoms. The lowest BCUT2D eigenvalue weighted by atomic mass is 9.98. The van der Waals surface area contributed by atoms with E-state index >= 15 is 0 Å². The number of amides is 2. The average Bonchev–Trinajstić information content (AvgIpc) is 3.14. The molecule has 0 aromatic heterocycles. The maximum Gasteiger partial charge on any atom is 0.407 e. The summed E-state index contributed by atoms with van der Waals surface area (Å²) in [7, 11) is 1.47. The van der Waals surface area contributed by atoms with Gasteiger partial charge in [-0.2, -0.15) is 0 Å². The number of fused-ring (bicyclic) bond motifs is 3. The molecule has 0 saturated carbocycles. The molecule has 0 heterocycles. The first-order valence-electron chi connectivity index (χ1n) is 11.2. The van der Waals surface area contributed by atoms with Crippen LogP contribution >= 0.6 is 0 Å². The Balaban J connectivity index is 1.65. The number of carbonyl (C=O) groups is 3. The molecule has 0 fully saturated rings. The SMILES string of the molecule is COCC(CCO)NC(=O)C(CCC(=O)O)NC(=O)OCC1c2ccccc2-c2ccccc21. The van der Waals surface area contributed by atoms with E-state index < -0.39 is 30.1 Å². The lowest BCUT2D eigenvalue weighted by molar-refractivity contribution is -0.137. The molecular formula is C25H30N2O7. The third kappa shape index (κ3) is 6.33. The summed E-state index contributed by atoms with van der Waals surface area (Å²) in [5.74, 6) is -1.79. The van der Waals surface area contributed by atoms with Crippen LogP contribution in [-0.4, -0.2) is 67.2 Å². The molecule has 1 aliphatic rings. The van der Waals surface area contributed by atoms with Gasteiger partial charge in [0.2, 0.25) is 5.91 Å². The average molecular weight is 471 g/mol. The van der Waals surface area contributed by atoms with Crippen molar-refractivity contribution >= 4 is 18.0 Å². The fourth-order valence-electron chi connectivity index (χ4n) is 4.17. The molecule has 3 rings (SSSR count). The predicted molar refractivity (Wildman–Crippen MR) is 124 cm³/mol. The predicted octanol–water partition coefficient (Wildman–Crippen LogP) is 2.27. The Labute approximate surface area is 198 Å². The molecule has 0 saturated heterocycles. The number of aliphatic hydroxyl groups excluding tert-OH is 1. The Morgan fingerprint density at radius 1 is 0.971 bits per heavy atom. The number of aliphatic carboxylic acids is 1. The van der Waals surface area contributed by atoms with E-state index in [1.807, 2.05) is 48.5 Å². The quantitative estimate of drug-likeness (QED) is 0.374. The van der Waals surface area contributed by atoms with Gasteiger partial charge in [0.25, 0.3) is 0 Å². The molecule has 2 atom stereocenters. The third-order valence-corrected chi connectivity index (χ3v) is 5.79. The van der Waals surface area contributed by atoms with Crippen molar-refractivity contribution in [2.24, 2.45) is 0 Å². The summed E-state index contributed by atoms with van der Waals surface area (Å²) in [5.41, 5.74) is 4.31. The van der Waals surface area contributed by atoms with E-state index in [0.29, 0.717) is 0 Å².